The molecule has 0 heterocycles. The van der Waals surface area contributed by atoms with Crippen LogP contribution in [0.15, 0.2) is 54.6 Å². The number of nitrogens with one attached hydrogen (secondary N) is 1. The fraction of sp³-hybridized carbons (Fsp3) is 0.318. The van der Waals surface area contributed by atoms with E-state index in [-0.39, 0.29) is 11.3 Å². The van der Waals surface area contributed by atoms with Crippen LogP contribution in [0.4, 0.5) is 0 Å². The molecule has 3 rings (SSSR count). The second kappa shape index (κ2) is 7.90. The molecule has 1 amide bonds. The maximum absolute atomic E-state index is 12.7. The van der Waals surface area contributed by atoms with E-state index in [9.17, 15) is 4.79 Å². The van der Waals surface area contributed by atoms with Crippen LogP contribution in [-0.4, -0.2) is 19.6 Å². The van der Waals surface area contributed by atoms with Gasteiger partial charge < -0.3 is 10.1 Å². The largest absolute Gasteiger partial charge is 0.496 e. The summed E-state index contributed by atoms with van der Waals surface area (Å²) in [6, 6.07) is 17.8. The van der Waals surface area contributed by atoms with Gasteiger partial charge in [0, 0.05) is 24.8 Å². The van der Waals surface area contributed by atoms with Gasteiger partial charge in [0.05, 0.1) is 12.7 Å². The summed E-state index contributed by atoms with van der Waals surface area (Å²) >= 11 is 0. The zero-order chi connectivity index (χ0) is 17.5. The van der Waals surface area contributed by atoms with Gasteiger partial charge >= 0.3 is 0 Å². The molecular weight excluding hydrogens is 310 g/mol. The minimum absolute atomic E-state index is 0.0879. The van der Waals surface area contributed by atoms with E-state index < -0.39 is 0 Å². The van der Waals surface area contributed by atoms with E-state index in [1.807, 2.05) is 18.2 Å². The molecule has 0 saturated heterocycles. The van der Waals surface area contributed by atoms with Crippen LogP contribution >= 0.6 is 0 Å². The Labute approximate surface area is 149 Å². The zero-order valence-corrected chi connectivity index (χ0v) is 14.5. The Kier molecular flexibility index (Phi) is 5.40. The molecule has 2 aromatic carbocycles. The first-order chi connectivity index (χ1) is 12.2. The lowest BCUT2D eigenvalue weighted by molar-refractivity contribution is 0.0937. The molecule has 1 aliphatic rings. The molecule has 0 aromatic heterocycles. The summed E-state index contributed by atoms with van der Waals surface area (Å²) in [6.07, 6.45) is 3.63. The highest BCUT2D eigenvalue weighted by molar-refractivity contribution is 5.96. The van der Waals surface area contributed by atoms with Gasteiger partial charge in [0.2, 0.25) is 0 Å². The number of hydrogen-bond acceptors (Lipinski definition) is 2. The Hall–Kier alpha value is -2.73. The zero-order valence-electron chi connectivity index (χ0n) is 14.5. The van der Waals surface area contributed by atoms with Crippen LogP contribution in [0, 0.1) is 11.8 Å². The predicted molar refractivity (Wildman–Crippen MR) is 99.7 cm³/mol. The van der Waals surface area contributed by atoms with Crippen LogP contribution < -0.4 is 10.1 Å². The molecule has 0 radical (unpaired) electrons. The molecule has 1 aliphatic carbocycles. The van der Waals surface area contributed by atoms with Gasteiger partial charge in [0.1, 0.15) is 5.75 Å². The summed E-state index contributed by atoms with van der Waals surface area (Å²) in [5.41, 5.74) is 1.74. The lowest BCUT2D eigenvalue weighted by Gasteiger charge is -2.33. The molecule has 0 bridgehead atoms. The summed E-state index contributed by atoms with van der Waals surface area (Å²) in [7, 11) is 1.58. The first-order valence-corrected chi connectivity index (χ1v) is 8.68. The molecule has 0 saturated carbocycles. The number of carbonyl (C=O) groups excluding carboxylic acids is 1. The number of rotatable bonds is 5. The normalized spacial score (nSPS) is 15.4. The minimum atomic E-state index is -0.0991. The van der Waals surface area contributed by atoms with E-state index >= 15 is 0 Å². The fourth-order valence-corrected chi connectivity index (χ4v) is 3.44. The van der Waals surface area contributed by atoms with Gasteiger partial charge in [-0.05, 0) is 30.5 Å². The number of carbonyl (C=O) groups is 1. The Morgan fingerprint density at radius 1 is 1.04 bits per heavy atom. The molecular formula is C22H23NO2. The van der Waals surface area contributed by atoms with E-state index in [1.54, 1.807) is 19.2 Å². The summed E-state index contributed by atoms with van der Waals surface area (Å²) < 4.78 is 5.31. The third-order valence-electron chi connectivity index (χ3n) is 4.91. The van der Waals surface area contributed by atoms with Crippen molar-refractivity contribution in [2.45, 2.75) is 31.1 Å². The third kappa shape index (κ3) is 3.85. The average molecular weight is 333 g/mol. The van der Waals surface area contributed by atoms with Gasteiger partial charge in [-0.2, -0.15) is 0 Å². The maximum atomic E-state index is 12.7. The maximum Gasteiger partial charge on any atom is 0.255 e. The van der Waals surface area contributed by atoms with Gasteiger partial charge in [-0.25, -0.2) is 0 Å². The van der Waals surface area contributed by atoms with Gasteiger partial charge in [-0.3, -0.25) is 4.79 Å². The first-order valence-electron chi connectivity index (χ1n) is 8.68. The molecule has 1 N–H and O–H groups in total. The van der Waals surface area contributed by atoms with Crippen LogP contribution in [-0.2, 0) is 5.41 Å². The topological polar surface area (TPSA) is 38.3 Å². The molecule has 0 spiro atoms. The molecule has 0 aliphatic heterocycles. The number of methoxy groups -OCH3 is 1. The number of para-hydroxylation sites is 1. The van der Waals surface area contributed by atoms with Gasteiger partial charge in [0.15, 0.2) is 0 Å². The van der Waals surface area contributed by atoms with Crippen LogP contribution in [0.2, 0.25) is 0 Å². The summed E-state index contributed by atoms with van der Waals surface area (Å²) in [6.45, 7) is 0.594. The SMILES string of the molecule is COc1ccccc1C(=O)NCC1(c2ccccc2)CCC#CCC1. The van der Waals surface area contributed by atoms with Crippen molar-refractivity contribution in [3.8, 4) is 17.6 Å². The van der Waals surface area contributed by atoms with Crippen LogP contribution in [0.5, 0.6) is 5.75 Å². The Morgan fingerprint density at radius 3 is 2.36 bits per heavy atom. The molecule has 3 heteroatoms. The van der Waals surface area contributed by atoms with Crippen molar-refractivity contribution in [2.75, 3.05) is 13.7 Å². The number of hydrogen-bond donors (Lipinski definition) is 1. The summed E-state index contributed by atoms with van der Waals surface area (Å²) in [5, 5.41) is 3.14. The molecule has 0 unspecified atom stereocenters. The standard InChI is InChI=1S/C22H23NO2/c1-25-20-14-8-7-13-19(20)21(24)23-17-22(15-9-2-3-10-16-22)18-11-5-4-6-12-18/h4-8,11-14H,9-10,15-17H2,1H3,(H,23,24). The molecule has 3 nitrogen and oxygen atoms in total. The highest BCUT2D eigenvalue weighted by atomic mass is 16.5. The quantitative estimate of drug-likeness (QED) is 0.842. The van der Waals surface area contributed by atoms with Crippen molar-refractivity contribution in [1.82, 2.24) is 5.32 Å². The third-order valence-corrected chi connectivity index (χ3v) is 4.91. The Balaban J connectivity index is 1.80. The first kappa shape index (κ1) is 17.1. The van der Waals surface area contributed by atoms with Crippen molar-refractivity contribution in [3.63, 3.8) is 0 Å². The number of ether oxygens (including phenoxy) is 1. The predicted octanol–water partition coefficient (Wildman–Crippen LogP) is 3.94. The molecule has 0 atom stereocenters. The minimum Gasteiger partial charge on any atom is -0.496 e. The van der Waals surface area contributed by atoms with E-state index in [1.165, 1.54) is 5.56 Å². The smallest absolute Gasteiger partial charge is 0.255 e. The summed E-state index contributed by atoms with van der Waals surface area (Å²) in [4.78, 5) is 12.7. The van der Waals surface area contributed by atoms with E-state index in [0.29, 0.717) is 17.9 Å². The van der Waals surface area contributed by atoms with Gasteiger partial charge in [0.25, 0.3) is 5.91 Å². The second-order valence-electron chi connectivity index (χ2n) is 6.38. The highest BCUT2D eigenvalue weighted by Crippen LogP contribution is 2.35. The highest BCUT2D eigenvalue weighted by Gasteiger charge is 2.32. The summed E-state index contributed by atoms with van der Waals surface area (Å²) in [5.74, 6) is 6.95. The second-order valence-corrected chi connectivity index (χ2v) is 6.38. The van der Waals surface area contributed by atoms with Crippen molar-refractivity contribution >= 4 is 5.91 Å². The van der Waals surface area contributed by atoms with E-state index in [0.717, 1.165) is 25.7 Å². The van der Waals surface area contributed by atoms with E-state index in [2.05, 4.69) is 41.4 Å². The van der Waals surface area contributed by atoms with E-state index in [4.69, 9.17) is 4.74 Å². The lowest BCUT2D eigenvalue weighted by Crippen LogP contribution is -2.40. The average Bonchev–Trinajstić information content (AvgIpc) is 2.93. The van der Waals surface area contributed by atoms with Crippen molar-refractivity contribution < 1.29 is 9.53 Å². The monoisotopic (exact) mass is 333 g/mol. The van der Waals surface area contributed by atoms with Crippen LogP contribution in [0.3, 0.4) is 0 Å². The van der Waals surface area contributed by atoms with Crippen molar-refractivity contribution in [2.24, 2.45) is 0 Å². The van der Waals surface area contributed by atoms with Crippen molar-refractivity contribution in [1.29, 1.82) is 0 Å². The van der Waals surface area contributed by atoms with Gasteiger partial charge in [-0.15, -0.1) is 11.8 Å². The lowest BCUT2D eigenvalue weighted by atomic mass is 9.74. The Bertz CT molecular complexity index is 774. The van der Waals surface area contributed by atoms with Gasteiger partial charge in [-0.1, -0.05) is 42.5 Å². The molecule has 0 fully saturated rings. The molecule has 128 valence electrons. The number of benzene rings is 2. The molecule has 25 heavy (non-hydrogen) atoms. The number of amides is 1. The van der Waals surface area contributed by atoms with Crippen LogP contribution in [0.1, 0.15) is 41.6 Å². The van der Waals surface area contributed by atoms with Crippen LogP contribution in [0.25, 0.3) is 0 Å². The molecule has 2 aromatic rings. The fourth-order valence-electron chi connectivity index (χ4n) is 3.44. The Morgan fingerprint density at radius 2 is 1.68 bits per heavy atom. The van der Waals surface area contributed by atoms with Crippen molar-refractivity contribution in [3.05, 3.63) is 65.7 Å².